The zero-order chi connectivity index (χ0) is 17.3. The van der Waals surface area contributed by atoms with E-state index in [4.69, 9.17) is 4.84 Å². The molecule has 2 rings (SSSR count). The molecule has 1 saturated heterocycles. The molecule has 0 aliphatic carbocycles. The highest BCUT2D eigenvalue weighted by Crippen LogP contribution is 2.35. The molecule has 4 nitrogen and oxygen atoms in total. The zero-order valence-electron chi connectivity index (χ0n) is 12.7. The number of hydroxylamine groups is 2. The van der Waals surface area contributed by atoms with Crippen molar-refractivity contribution in [2.24, 2.45) is 5.41 Å². The number of carbonyl (C=O) groups excluding carboxylic acids is 1. The molecule has 128 valence electrons. The van der Waals surface area contributed by atoms with Gasteiger partial charge < -0.3 is 0 Å². The monoisotopic (exact) mass is 335 g/mol. The molecule has 0 bridgehead atoms. The number of carbonyl (C=O) groups is 1. The first kappa shape index (κ1) is 17.7. The number of hydrogen-bond acceptors (Lipinski definition) is 3. The van der Waals surface area contributed by atoms with Crippen LogP contribution in [0.3, 0.4) is 0 Å². The molecule has 0 unspecified atom stereocenters. The van der Waals surface area contributed by atoms with E-state index >= 15 is 0 Å². The first-order valence-electron chi connectivity index (χ1n) is 7.03. The van der Waals surface area contributed by atoms with Crippen LogP contribution in [-0.4, -0.2) is 30.5 Å². The van der Waals surface area contributed by atoms with E-state index in [-0.39, 0.29) is 6.61 Å². The van der Waals surface area contributed by atoms with E-state index in [0.29, 0.717) is 12.0 Å². The number of alkyl halides is 3. The standard InChI is InChI=1S/C15H17F4NO3/c1-14(2,9-22-15(17,18)19)13(21)20-12(7-8-23-20)10-3-5-11(16)6-4-10/h3-6,12H,7-9H2,1-2H3/t12-/m0/s1. The van der Waals surface area contributed by atoms with E-state index in [1.165, 1.54) is 38.1 Å². The van der Waals surface area contributed by atoms with E-state index in [1.54, 1.807) is 0 Å². The molecular formula is C15H17F4NO3. The zero-order valence-corrected chi connectivity index (χ0v) is 12.7. The van der Waals surface area contributed by atoms with E-state index in [9.17, 15) is 22.4 Å². The summed E-state index contributed by atoms with van der Waals surface area (Å²) in [5, 5.41) is 1.06. The molecule has 1 amide bonds. The molecule has 0 radical (unpaired) electrons. The highest BCUT2D eigenvalue weighted by Gasteiger charge is 2.42. The van der Waals surface area contributed by atoms with Crippen LogP contribution >= 0.6 is 0 Å². The van der Waals surface area contributed by atoms with Crippen LogP contribution in [-0.2, 0) is 14.4 Å². The highest BCUT2D eigenvalue weighted by molar-refractivity contribution is 5.81. The van der Waals surface area contributed by atoms with Crippen molar-refractivity contribution < 1.29 is 31.9 Å². The molecule has 0 N–H and O–H groups in total. The van der Waals surface area contributed by atoms with Gasteiger partial charge in [-0.3, -0.25) is 14.4 Å². The Balaban J connectivity index is 2.12. The SMILES string of the molecule is CC(C)(COC(F)(F)F)C(=O)N1OCC[C@H]1c1ccc(F)cc1. The lowest BCUT2D eigenvalue weighted by molar-refractivity contribution is -0.331. The predicted octanol–water partition coefficient (Wildman–Crippen LogP) is 3.59. The maximum atomic E-state index is 13.0. The van der Waals surface area contributed by atoms with Crippen LogP contribution in [0.25, 0.3) is 0 Å². The number of nitrogens with zero attached hydrogens (tertiary/aromatic N) is 1. The van der Waals surface area contributed by atoms with E-state index in [1.807, 2.05) is 0 Å². The molecule has 0 spiro atoms. The minimum Gasteiger partial charge on any atom is -0.291 e. The van der Waals surface area contributed by atoms with E-state index in [2.05, 4.69) is 4.74 Å². The maximum absolute atomic E-state index is 13.0. The minimum absolute atomic E-state index is 0.254. The fourth-order valence-corrected chi connectivity index (χ4v) is 2.28. The average molecular weight is 335 g/mol. The molecule has 0 aromatic heterocycles. The van der Waals surface area contributed by atoms with Gasteiger partial charge in [-0.2, -0.15) is 0 Å². The summed E-state index contributed by atoms with van der Waals surface area (Å²) in [5.41, 5.74) is -0.761. The summed E-state index contributed by atoms with van der Waals surface area (Å²) in [4.78, 5) is 17.8. The van der Waals surface area contributed by atoms with Gasteiger partial charge in [-0.05, 0) is 31.5 Å². The molecule has 1 aliphatic rings. The van der Waals surface area contributed by atoms with Gasteiger partial charge in [0.1, 0.15) is 5.82 Å². The largest absolute Gasteiger partial charge is 0.522 e. The summed E-state index contributed by atoms with van der Waals surface area (Å²) >= 11 is 0. The summed E-state index contributed by atoms with van der Waals surface area (Å²) in [7, 11) is 0. The Labute approximate surface area is 130 Å². The summed E-state index contributed by atoms with van der Waals surface area (Å²) < 4.78 is 53.4. The number of amides is 1. The van der Waals surface area contributed by atoms with Gasteiger partial charge in [0.05, 0.1) is 24.7 Å². The predicted molar refractivity (Wildman–Crippen MR) is 72.3 cm³/mol. The van der Waals surface area contributed by atoms with Crippen LogP contribution in [0.5, 0.6) is 0 Å². The number of ether oxygens (including phenoxy) is 1. The van der Waals surface area contributed by atoms with Crippen molar-refractivity contribution in [3.63, 3.8) is 0 Å². The fourth-order valence-electron chi connectivity index (χ4n) is 2.28. The van der Waals surface area contributed by atoms with Gasteiger partial charge in [-0.1, -0.05) is 12.1 Å². The van der Waals surface area contributed by atoms with Crippen molar-refractivity contribution in [1.82, 2.24) is 5.06 Å². The average Bonchev–Trinajstić information content (AvgIpc) is 2.94. The van der Waals surface area contributed by atoms with Gasteiger partial charge in [0.25, 0.3) is 5.91 Å². The molecule has 8 heteroatoms. The second-order valence-electron chi connectivity index (χ2n) is 5.94. The van der Waals surface area contributed by atoms with Crippen molar-refractivity contribution in [2.75, 3.05) is 13.2 Å². The van der Waals surface area contributed by atoms with Gasteiger partial charge in [0.15, 0.2) is 0 Å². The second-order valence-corrected chi connectivity index (χ2v) is 5.94. The lowest BCUT2D eigenvalue weighted by Crippen LogP contribution is -2.43. The van der Waals surface area contributed by atoms with Crippen LogP contribution in [0, 0.1) is 11.2 Å². The van der Waals surface area contributed by atoms with Crippen LogP contribution in [0.1, 0.15) is 31.9 Å². The van der Waals surface area contributed by atoms with E-state index < -0.39 is 36.2 Å². The Morgan fingerprint density at radius 2 is 1.91 bits per heavy atom. The van der Waals surface area contributed by atoms with Crippen LogP contribution in [0.15, 0.2) is 24.3 Å². The van der Waals surface area contributed by atoms with Crippen molar-refractivity contribution in [3.05, 3.63) is 35.6 Å². The Morgan fingerprint density at radius 1 is 1.30 bits per heavy atom. The normalized spacial score (nSPS) is 19.2. The first-order valence-corrected chi connectivity index (χ1v) is 7.03. The van der Waals surface area contributed by atoms with Gasteiger partial charge in [-0.15, -0.1) is 13.2 Å². The lowest BCUT2D eigenvalue weighted by atomic mass is 9.92. The summed E-state index contributed by atoms with van der Waals surface area (Å²) in [6, 6.07) is 5.10. The first-order chi connectivity index (χ1) is 10.6. The number of benzene rings is 1. The third-order valence-electron chi connectivity index (χ3n) is 3.54. The number of halogens is 4. The summed E-state index contributed by atoms with van der Waals surface area (Å²) in [6.07, 6.45) is -4.33. The molecule has 1 fully saturated rings. The summed E-state index contributed by atoms with van der Waals surface area (Å²) in [6.45, 7) is 2.14. The van der Waals surface area contributed by atoms with Gasteiger partial charge >= 0.3 is 6.36 Å². The minimum atomic E-state index is -4.81. The molecule has 23 heavy (non-hydrogen) atoms. The maximum Gasteiger partial charge on any atom is 0.522 e. The van der Waals surface area contributed by atoms with E-state index in [0.717, 1.165) is 5.06 Å². The van der Waals surface area contributed by atoms with Crippen molar-refractivity contribution in [3.8, 4) is 0 Å². The Bertz CT molecular complexity index is 557. The molecular weight excluding hydrogens is 318 g/mol. The van der Waals surface area contributed by atoms with Crippen LogP contribution in [0.2, 0.25) is 0 Å². The van der Waals surface area contributed by atoms with Crippen molar-refractivity contribution in [1.29, 1.82) is 0 Å². The topological polar surface area (TPSA) is 38.8 Å². The van der Waals surface area contributed by atoms with Crippen molar-refractivity contribution in [2.45, 2.75) is 32.7 Å². The molecule has 1 heterocycles. The summed E-state index contributed by atoms with van der Waals surface area (Å²) in [5.74, 6) is -1.03. The number of hydrogen-bond donors (Lipinski definition) is 0. The quantitative estimate of drug-likeness (QED) is 0.789. The van der Waals surface area contributed by atoms with Gasteiger partial charge in [0, 0.05) is 6.42 Å². The number of rotatable bonds is 4. The second kappa shape index (κ2) is 6.45. The Morgan fingerprint density at radius 3 is 2.48 bits per heavy atom. The van der Waals surface area contributed by atoms with Crippen molar-refractivity contribution >= 4 is 5.91 Å². The molecule has 0 saturated carbocycles. The lowest BCUT2D eigenvalue weighted by Gasteiger charge is -2.31. The molecule has 1 atom stereocenters. The smallest absolute Gasteiger partial charge is 0.291 e. The fraction of sp³-hybridized carbons (Fsp3) is 0.533. The Kier molecular flexibility index (Phi) is 4.95. The highest BCUT2D eigenvalue weighted by atomic mass is 19.4. The van der Waals surface area contributed by atoms with Crippen LogP contribution < -0.4 is 0 Å². The van der Waals surface area contributed by atoms with Gasteiger partial charge in [0.2, 0.25) is 0 Å². The van der Waals surface area contributed by atoms with Gasteiger partial charge in [-0.25, -0.2) is 9.45 Å². The third-order valence-corrected chi connectivity index (χ3v) is 3.54. The molecule has 1 aliphatic heterocycles. The third kappa shape index (κ3) is 4.42. The molecule has 1 aromatic rings. The molecule has 1 aromatic carbocycles. The Hall–Kier alpha value is -1.67. The van der Waals surface area contributed by atoms with Crippen LogP contribution in [0.4, 0.5) is 17.6 Å².